The first-order valence-electron chi connectivity index (χ1n) is 8.94. The second kappa shape index (κ2) is 7.59. The predicted octanol–water partition coefficient (Wildman–Crippen LogP) is 2.33. The molecule has 0 aromatic rings. The van der Waals surface area contributed by atoms with Crippen molar-refractivity contribution in [2.75, 3.05) is 26.2 Å². The van der Waals surface area contributed by atoms with Gasteiger partial charge in [-0.3, -0.25) is 4.79 Å². The summed E-state index contributed by atoms with van der Waals surface area (Å²) in [4.78, 5) is 14.8. The molecule has 0 bridgehead atoms. The van der Waals surface area contributed by atoms with Crippen molar-refractivity contribution in [3.05, 3.63) is 0 Å². The van der Waals surface area contributed by atoms with Gasteiger partial charge >= 0.3 is 0 Å². The lowest BCUT2D eigenvalue weighted by molar-refractivity contribution is -0.133. The van der Waals surface area contributed by atoms with Crippen LogP contribution in [0, 0.1) is 5.92 Å². The zero-order valence-corrected chi connectivity index (χ0v) is 13.2. The van der Waals surface area contributed by atoms with E-state index in [0.717, 1.165) is 39.1 Å². The highest BCUT2D eigenvalue weighted by atomic mass is 16.5. The van der Waals surface area contributed by atoms with Crippen LogP contribution in [0.4, 0.5) is 0 Å². The Balaban J connectivity index is 1.44. The molecule has 1 unspecified atom stereocenters. The molecule has 4 heteroatoms. The topological polar surface area (TPSA) is 41.6 Å². The number of nitrogens with zero attached hydrogens (tertiary/aromatic N) is 1. The lowest BCUT2D eigenvalue weighted by Crippen LogP contribution is -2.40. The molecule has 2 heterocycles. The maximum absolute atomic E-state index is 12.6. The van der Waals surface area contributed by atoms with E-state index in [1.54, 1.807) is 0 Å². The molecular weight excluding hydrogens is 264 g/mol. The van der Waals surface area contributed by atoms with Crippen LogP contribution in [0.2, 0.25) is 0 Å². The third-order valence-electron chi connectivity index (χ3n) is 5.18. The molecule has 0 aromatic carbocycles. The number of rotatable bonds is 6. The van der Waals surface area contributed by atoms with Crippen molar-refractivity contribution in [2.24, 2.45) is 5.92 Å². The molecule has 3 rings (SSSR count). The van der Waals surface area contributed by atoms with E-state index in [1.165, 1.54) is 38.5 Å². The molecule has 3 aliphatic rings. The van der Waals surface area contributed by atoms with Crippen LogP contribution in [0.5, 0.6) is 0 Å². The number of nitrogens with one attached hydrogen (secondary N) is 1. The average Bonchev–Trinajstić information content (AvgIpc) is 3.37. The van der Waals surface area contributed by atoms with E-state index in [1.807, 2.05) is 0 Å². The molecule has 3 fully saturated rings. The number of amides is 1. The van der Waals surface area contributed by atoms with Crippen LogP contribution in [0.1, 0.15) is 57.8 Å². The third-order valence-corrected chi connectivity index (χ3v) is 5.18. The van der Waals surface area contributed by atoms with Gasteiger partial charge in [-0.25, -0.2) is 0 Å². The van der Waals surface area contributed by atoms with Crippen molar-refractivity contribution in [3.63, 3.8) is 0 Å². The first-order chi connectivity index (χ1) is 10.3. The Hall–Kier alpha value is -0.610. The van der Waals surface area contributed by atoms with Gasteiger partial charge in [-0.1, -0.05) is 0 Å². The Kier molecular flexibility index (Phi) is 5.53. The number of ether oxygens (including phenoxy) is 1. The molecule has 0 aromatic heterocycles. The quantitative estimate of drug-likeness (QED) is 0.817. The molecule has 1 N–H and O–H groups in total. The SMILES string of the molecule is O=C(CCC1CCCCO1)N(CC1CCNCC1)C1CC1. The fraction of sp³-hybridized carbons (Fsp3) is 0.941. The van der Waals surface area contributed by atoms with E-state index < -0.39 is 0 Å². The van der Waals surface area contributed by atoms with Crippen molar-refractivity contribution < 1.29 is 9.53 Å². The Bertz CT molecular complexity index is 332. The second-order valence-corrected chi connectivity index (χ2v) is 7.00. The molecule has 1 amide bonds. The van der Waals surface area contributed by atoms with Crippen molar-refractivity contribution in [1.29, 1.82) is 0 Å². The zero-order valence-electron chi connectivity index (χ0n) is 13.2. The van der Waals surface area contributed by atoms with Gasteiger partial charge in [0.05, 0.1) is 6.10 Å². The Morgan fingerprint density at radius 3 is 2.57 bits per heavy atom. The van der Waals surface area contributed by atoms with Crippen LogP contribution < -0.4 is 5.32 Å². The van der Waals surface area contributed by atoms with Gasteiger partial charge in [-0.05, 0) is 70.4 Å². The molecule has 120 valence electrons. The minimum absolute atomic E-state index is 0.336. The van der Waals surface area contributed by atoms with Gasteiger partial charge in [-0.2, -0.15) is 0 Å². The molecule has 4 nitrogen and oxygen atoms in total. The summed E-state index contributed by atoms with van der Waals surface area (Å²) in [5.41, 5.74) is 0. The van der Waals surface area contributed by atoms with E-state index in [2.05, 4.69) is 10.2 Å². The molecule has 1 saturated carbocycles. The van der Waals surface area contributed by atoms with Crippen LogP contribution >= 0.6 is 0 Å². The van der Waals surface area contributed by atoms with E-state index in [9.17, 15) is 4.79 Å². The van der Waals surface area contributed by atoms with Crippen molar-refractivity contribution in [3.8, 4) is 0 Å². The molecule has 2 aliphatic heterocycles. The first-order valence-corrected chi connectivity index (χ1v) is 8.94. The maximum atomic E-state index is 12.6. The summed E-state index contributed by atoms with van der Waals surface area (Å²) < 4.78 is 5.76. The van der Waals surface area contributed by atoms with Crippen LogP contribution in [0.3, 0.4) is 0 Å². The molecule has 1 aliphatic carbocycles. The smallest absolute Gasteiger partial charge is 0.222 e. The van der Waals surface area contributed by atoms with Crippen molar-refractivity contribution >= 4 is 5.91 Å². The number of carbonyl (C=O) groups is 1. The van der Waals surface area contributed by atoms with Gasteiger partial charge < -0.3 is 15.0 Å². The third kappa shape index (κ3) is 4.68. The molecule has 21 heavy (non-hydrogen) atoms. The summed E-state index contributed by atoms with van der Waals surface area (Å²) in [5, 5.41) is 3.41. The molecule has 0 radical (unpaired) electrons. The first kappa shape index (κ1) is 15.3. The lowest BCUT2D eigenvalue weighted by atomic mass is 9.97. The van der Waals surface area contributed by atoms with E-state index in [-0.39, 0.29) is 0 Å². The molecular formula is C17H30N2O2. The highest BCUT2D eigenvalue weighted by Crippen LogP contribution is 2.30. The van der Waals surface area contributed by atoms with E-state index >= 15 is 0 Å². The number of carbonyl (C=O) groups excluding carboxylic acids is 1. The van der Waals surface area contributed by atoms with Gasteiger partial charge in [0, 0.05) is 25.6 Å². The van der Waals surface area contributed by atoms with Crippen LogP contribution in [-0.2, 0) is 9.53 Å². The molecule has 1 atom stereocenters. The number of hydrogen-bond donors (Lipinski definition) is 1. The zero-order chi connectivity index (χ0) is 14.5. The standard InChI is InChI=1S/C17H30N2O2/c20-17(7-6-16-3-1-2-12-21-16)19(15-4-5-15)13-14-8-10-18-11-9-14/h14-16,18H,1-13H2. The summed E-state index contributed by atoms with van der Waals surface area (Å²) in [6, 6.07) is 0.555. The minimum atomic E-state index is 0.336. The molecule has 2 saturated heterocycles. The summed E-state index contributed by atoms with van der Waals surface area (Å²) in [5.74, 6) is 1.09. The van der Waals surface area contributed by atoms with E-state index in [4.69, 9.17) is 4.74 Å². The predicted molar refractivity (Wildman–Crippen MR) is 83.2 cm³/mol. The summed E-state index contributed by atoms with van der Waals surface area (Å²) in [6.45, 7) is 4.12. The second-order valence-electron chi connectivity index (χ2n) is 7.00. The number of hydrogen-bond acceptors (Lipinski definition) is 3. The van der Waals surface area contributed by atoms with Gasteiger partial charge in [0.2, 0.25) is 5.91 Å². The van der Waals surface area contributed by atoms with Crippen LogP contribution in [-0.4, -0.2) is 49.2 Å². The van der Waals surface area contributed by atoms with Crippen LogP contribution in [0.15, 0.2) is 0 Å². The Labute approximate surface area is 128 Å². The van der Waals surface area contributed by atoms with E-state index in [0.29, 0.717) is 30.4 Å². The highest BCUT2D eigenvalue weighted by Gasteiger charge is 2.34. The van der Waals surface area contributed by atoms with Gasteiger partial charge in [-0.15, -0.1) is 0 Å². The molecule has 0 spiro atoms. The Morgan fingerprint density at radius 1 is 1.10 bits per heavy atom. The number of piperidine rings is 1. The minimum Gasteiger partial charge on any atom is -0.378 e. The largest absolute Gasteiger partial charge is 0.378 e. The Morgan fingerprint density at radius 2 is 1.90 bits per heavy atom. The summed E-state index contributed by atoms with van der Waals surface area (Å²) >= 11 is 0. The highest BCUT2D eigenvalue weighted by molar-refractivity contribution is 5.76. The van der Waals surface area contributed by atoms with Crippen LogP contribution in [0.25, 0.3) is 0 Å². The summed E-state index contributed by atoms with van der Waals surface area (Å²) in [7, 11) is 0. The summed E-state index contributed by atoms with van der Waals surface area (Å²) in [6.07, 6.45) is 10.4. The normalized spacial score (nSPS) is 27.5. The van der Waals surface area contributed by atoms with Crippen molar-refractivity contribution in [2.45, 2.75) is 69.9 Å². The fourth-order valence-electron chi connectivity index (χ4n) is 3.65. The monoisotopic (exact) mass is 294 g/mol. The average molecular weight is 294 g/mol. The maximum Gasteiger partial charge on any atom is 0.222 e. The van der Waals surface area contributed by atoms with Gasteiger partial charge in [0.25, 0.3) is 0 Å². The van der Waals surface area contributed by atoms with Gasteiger partial charge in [0.1, 0.15) is 0 Å². The lowest BCUT2D eigenvalue weighted by Gasteiger charge is -2.31. The fourth-order valence-corrected chi connectivity index (χ4v) is 3.65. The van der Waals surface area contributed by atoms with Gasteiger partial charge in [0.15, 0.2) is 0 Å². The van der Waals surface area contributed by atoms with Crippen molar-refractivity contribution in [1.82, 2.24) is 10.2 Å².